The number of carboxylic acid groups (broad SMARTS) is 1. The average Bonchev–Trinajstić information content (AvgIpc) is 2.45. The second-order valence-electron chi connectivity index (χ2n) is 5.60. The molecule has 0 aromatic heterocycles. The summed E-state index contributed by atoms with van der Waals surface area (Å²) >= 11 is 0. The molecule has 0 aliphatic carbocycles. The molecule has 0 aromatic carbocycles. The second-order valence-corrected chi connectivity index (χ2v) is 5.60. The van der Waals surface area contributed by atoms with Gasteiger partial charge in [-0.2, -0.15) is 0 Å². The van der Waals surface area contributed by atoms with Gasteiger partial charge in [0.2, 0.25) is 0 Å². The summed E-state index contributed by atoms with van der Waals surface area (Å²) in [5, 5.41) is 8.51. The van der Waals surface area contributed by atoms with Crippen molar-refractivity contribution in [3.63, 3.8) is 0 Å². The molecular weight excluding hydrogens is 260 g/mol. The Morgan fingerprint density at radius 2 is 1.71 bits per heavy atom. The Kier molecular flexibility index (Phi) is 14.1. The van der Waals surface area contributed by atoms with Gasteiger partial charge < -0.3 is 5.11 Å². The van der Waals surface area contributed by atoms with Crippen LogP contribution in [0.4, 0.5) is 0 Å². The fourth-order valence-corrected chi connectivity index (χ4v) is 1.97. The third-order valence-corrected chi connectivity index (χ3v) is 3.31. The third kappa shape index (κ3) is 16.6. The van der Waals surface area contributed by atoms with Crippen LogP contribution in [0.1, 0.15) is 71.6 Å². The maximum absolute atomic E-state index is 10.3. The molecule has 120 valence electrons. The monoisotopic (exact) mass is 292 g/mol. The van der Waals surface area contributed by atoms with Crippen LogP contribution in [0.25, 0.3) is 0 Å². The predicted molar refractivity (Wildman–Crippen MR) is 91.4 cm³/mol. The van der Waals surface area contributed by atoms with E-state index in [4.69, 9.17) is 5.11 Å². The number of carboxylic acids is 1. The van der Waals surface area contributed by atoms with Crippen molar-refractivity contribution >= 4 is 5.97 Å². The number of hydrogen-bond donors (Lipinski definition) is 1. The van der Waals surface area contributed by atoms with Crippen LogP contribution in [-0.2, 0) is 4.79 Å². The lowest BCUT2D eigenvalue weighted by atomic mass is 10.1. The van der Waals surface area contributed by atoms with Gasteiger partial charge in [-0.15, -0.1) is 0 Å². The highest BCUT2D eigenvalue weighted by atomic mass is 16.4. The lowest BCUT2D eigenvalue weighted by molar-refractivity contribution is -0.137. The number of carbonyl (C=O) groups is 1. The maximum Gasteiger partial charge on any atom is 0.303 e. The van der Waals surface area contributed by atoms with E-state index in [0.29, 0.717) is 5.92 Å². The topological polar surface area (TPSA) is 37.3 Å². The smallest absolute Gasteiger partial charge is 0.303 e. The lowest BCUT2D eigenvalue weighted by Crippen LogP contribution is -1.92. The predicted octanol–water partition coefficient (Wildman–Crippen LogP) is 5.91. The Labute approximate surface area is 130 Å². The molecule has 2 heteroatoms. The number of hydrogen-bond acceptors (Lipinski definition) is 1. The summed E-state index contributed by atoms with van der Waals surface area (Å²) in [6.45, 7) is 4.48. The first-order valence-electron chi connectivity index (χ1n) is 8.35. The van der Waals surface area contributed by atoms with Crippen LogP contribution in [0.2, 0.25) is 0 Å². The van der Waals surface area contributed by atoms with Crippen LogP contribution in [0.3, 0.4) is 0 Å². The van der Waals surface area contributed by atoms with Gasteiger partial charge in [-0.3, -0.25) is 4.79 Å². The Bertz CT molecular complexity index is 326. The summed E-state index contributed by atoms with van der Waals surface area (Å²) in [5.41, 5.74) is 0. The van der Waals surface area contributed by atoms with Crippen molar-refractivity contribution in [3.05, 3.63) is 36.5 Å². The molecule has 0 saturated heterocycles. The lowest BCUT2D eigenvalue weighted by Gasteiger charge is -2.00. The van der Waals surface area contributed by atoms with Crippen LogP contribution in [0, 0.1) is 5.92 Å². The minimum Gasteiger partial charge on any atom is -0.481 e. The number of aliphatic carboxylic acids is 1. The maximum atomic E-state index is 10.3. The van der Waals surface area contributed by atoms with Gasteiger partial charge in [0.1, 0.15) is 0 Å². The van der Waals surface area contributed by atoms with Gasteiger partial charge in [0.15, 0.2) is 0 Å². The van der Waals surface area contributed by atoms with E-state index in [1.165, 1.54) is 19.3 Å². The molecule has 0 aliphatic heterocycles. The molecule has 1 unspecified atom stereocenters. The van der Waals surface area contributed by atoms with Gasteiger partial charge in [0.05, 0.1) is 0 Å². The molecule has 2 nitrogen and oxygen atoms in total. The fourth-order valence-electron chi connectivity index (χ4n) is 1.97. The SMILES string of the molecule is CCCC/C=C/C(C)C/C=C\C/C=C\CCCCC(=O)O. The molecule has 0 aromatic rings. The quantitative estimate of drug-likeness (QED) is 0.338. The zero-order valence-corrected chi connectivity index (χ0v) is 13.8. The van der Waals surface area contributed by atoms with E-state index < -0.39 is 5.97 Å². The molecule has 0 heterocycles. The number of rotatable bonds is 13. The Morgan fingerprint density at radius 1 is 1.00 bits per heavy atom. The van der Waals surface area contributed by atoms with Crippen molar-refractivity contribution in [1.82, 2.24) is 0 Å². The summed E-state index contributed by atoms with van der Waals surface area (Å²) in [4.78, 5) is 10.3. The van der Waals surface area contributed by atoms with Gasteiger partial charge in [-0.25, -0.2) is 0 Å². The molecule has 0 radical (unpaired) electrons. The van der Waals surface area contributed by atoms with Gasteiger partial charge >= 0.3 is 5.97 Å². The summed E-state index contributed by atoms with van der Waals surface area (Å²) in [6, 6.07) is 0. The van der Waals surface area contributed by atoms with Gasteiger partial charge in [0.25, 0.3) is 0 Å². The van der Waals surface area contributed by atoms with E-state index in [2.05, 4.69) is 50.3 Å². The van der Waals surface area contributed by atoms with Crippen LogP contribution in [0.15, 0.2) is 36.5 Å². The van der Waals surface area contributed by atoms with E-state index in [-0.39, 0.29) is 6.42 Å². The van der Waals surface area contributed by atoms with Gasteiger partial charge in [-0.1, -0.05) is 63.1 Å². The van der Waals surface area contributed by atoms with E-state index in [1.807, 2.05) is 0 Å². The third-order valence-electron chi connectivity index (χ3n) is 3.31. The van der Waals surface area contributed by atoms with Gasteiger partial charge in [-0.05, 0) is 44.4 Å². The van der Waals surface area contributed by atoms with Crippen LogP contribution in [-0.4, -0.2) is 11.1 Å². The van der Waals surface area contributed by atoms with Crippen molar-refractivity contribution in [2.45, 2.75) is 71.6 Å². The Morgan fingerprint density at radius 3 is 2.43 bits per heavy atom. The summed E-state index contributed by atoms with van der Waals surface area (Å²) in [5.74, 6) is -0.0714. The molecule has 0 spiro atoms. The van der Waals surface area contributed by atoms with Crippen LogP contribution < -0.4 is 0 Å². The molecule has 0 fully saturated rings. The average molecular weight is 292 g/mol. The summed E-state index contributed by atoms with van der Waals surface area (Å²) in [6.07, 6.45) is 22.3. The van der Waals surface area contributed by atoms with E-state index in [9.17, 15) is 4.79 Å². The van der Waals surface area contributed by atoms with Crippen LogP contribution in [0.5, 0.6) is 0 Å². The van der Waals surface area contributed by atoms with Gasteiger partial charge in [0, 0.05) is 6.42 Å². The summed E-state index contributed by atoms with van der Waals surface area (Å²) < 4.78 is 0. The molecule has 1 N–H and O–H groups in total. The van der Waals surface area contributed by atoms with E-state index in [0.717, 1.165) is 32.1 Å². The zero-order chi connectivity index (χ0) is 15.8. The highest BCUT2D eigenvalue weighted by Crippen LogP contribution is 2.07. The van der Waals surface area contributed by atoms with Crippen molar-refractivity contribution in [2.24, 2.45) is 5.92 Å². The normalized spacial score (nSPS) is 13.6. The molecule has 0 aliphatic rings. The number of allylic oxidation sites excluding steroid dienone is 6. The highest BCUT2D eigenvalue weighted by Gasteiger charge is 1.94. The molecule has 0 amide bonds. The van der Waals surface area contributed by atoms with Crippen molar-refractivity contribution in [1.29, 1.82) is 0 Å². The Balaban J connectivity index is 3.50. The number of unbranched alkanes of at least 4 members (excludes halogenated alkanes) is 4. The minimum absolute atomic E-state index is 0.289. The Hall–Kier alpha value is -1.31. The highest BCUT2D eigenvalue weighted by molar-refractivity contribution is 5.66. The molecule has 0 rings (SSSR count). The minimum atomic E-state index is -0.695. The molecule has 0 bridgehead atoms. The van der Waals surface area contributed by atoms with E-state index in [1.54, 1.807) is 0 Å². The first-order chi connectivity index (χ1) is 10.2. The molecule has 0 saturated carbocycles. The van der Waals surface area contributed by atoms with Crippen molar-refractivity contribution in [3.8, 4) is 0 Å². The summed E-state index contributed by atoms with van der Waals surface area (Å²) in [7, 11) is 0. The van der Waals surface area contributed by atoms with Crippen molar-refractivity contribution < 1.29 is 9.90 Å². The van der Waals surface area contributed by atoms with E-state index >= 15 is 0 Å². The fraction of sp³-hybridized carbons (Fsp3) is 0.632. The van der Waals surface area contributed by atoms with Crippen molar-refractivity contribution in [2.75, 3.05) is 0 Å². The largest absolute Gasteiger partial charge is 0.481 e. The molecule has 1 atom stereocenters. The standard InChI is InChI=1S/C19H32O2/c1-3-4-5-12-15-18(2)16-13-10-8-6-7-9-11-14-17-19(20)21/h6-7,10,12-13,15,18H,3-5,8-9,11,14,16-17H2,1-2H3,(H,20,21)/b7-6-,13-10-,15-12+. The van der Waals surface area contributed by atoms with Crippen LogP contribution >= 0.6 is 0 Å². The molecular formula is C19H32O2. The zero-order valence-electron chi connectivity index (χ0n) is 13.8. The molecule has 21 heavy (non-hydrogen) atoms. The second kappa shape index (κ2) is 15.1. The first kappa shape index (κ1) is 19.7. The first-order valence-corrected chi connectivity index (χ1v) is 8.35.